The first kappa shape index (κ1) is 29.6. The highest BCUT2D eigenvalue weighted by molar-refractivity contribution is 6.33. The highest BCUT2D eigenvalue weighted by Crippen LogP contribution is 2.33. The number of carbonyl (C=O) groups excluding carboxylic acids is 1. The van der Waals surface area contributed by atoms with Gasteiger partial charge in [-0.3, -0.25) is 19.1 Å². The van der Waals surface area contributed by atoms with E-state index in [9.17, 15) is 9.59 Å². The summed E-state index contributed by atoms with van der Waals surface area (Å²) >= 11 is 6.75. The van der Waals surface area contributed by atoms with E-state index in [2.05, 4.69) is 25.6 Å². The van der Waals surface area contributed by atoms with Gasteiger partial charge in [-0.2, -0.15) is 4.98 Å². The number of nitrogens with zero attached hydrogens (tertiary/aromatic N) is 4. The van der Waals surface area contributed by atoms with Gasteiger partial charge in [0, 0.05) is 52.6 Å². The molecule has 0 bridgehead atoms. The van der Waals surface area contributed by atoms with Gasteiger partial charge in [0.2, 0.25) is 5.95 Å². The predicted molar refractivity (Wildman–Crippen MR) is 172 cm³/mol. The van der Waals surface area contributed by atoms with E-state index in [1.807, 2.05) is 31.2 Å². The van der Waals surface area contributed by atoms with Crippen LogP contribution in [-0.2, 0) is 6.54 Å². The fourth-order valence-electron chi connectivity index (χ4n) is 5.76. The molecule has 10 heteroatoms. The number of carbonyl (C=O) groups is 1. The van der Waals surface area contributed by atoms with Crippen LogP contribution in [0, 0.1) is 5.82 Å². The molecule has 1 aliphatic rings. The molecule has 0 amide bonds. The lowest BCUT2D eigenvalue weighted by Crippen LogP contribution is -2.27. The van der Waals surface area contributed by atoms with Crippen LogP contribution >= 0.6 is 11.6 Å². The summed E-state index contributed by atoms with van der Waals surface area (Å²) in [5.41, 5.74) is 4.51. The number of nitrogens with one attached hydrogen (secondary N) is 2. The van der Waals surface area contributed by atoms with Crippen molar-refractivity contribution in [3.8, 4) is 22.3 Å². The van der Waals surface area contributed by atoms with Crippen molar-refractivity contribution in [1.29, 1.82) is 0 Å². The number of hydrogen-bond acceptors (Lipinski definition) is 7. The lowest BCUT2D eigenvalue weighted by molar-refractivity contribution is 0.0983. The van der Waals surface area contributed by atoms with Crippen LogP contribution < -0.4 is 16.2 Å². The van der Waals surface area contributed by atoms with Crippen molar-refractivity contribution in [2.45, 2.75) is 45.6 Å². The first-order valence-corrected chi connectivity index (χ1v) is 15.2. The summed E-state index contributed by atoms with van der Waals surface area (Å²) in [5.74, 6) is 0.185. The number of halogens is 2. The number of hydrogen-bond donors (Lipinski definition) is 2. The normalized spacial score (nSPS) is 13.7. The third-order valence-electron chi connectivity index (χ3n) is 8.14. The van der Waals surface area contributed by atoms with Crippen LogP contribution in [0.4, 0.5) is 16.0 Å². The summed E-state index contributed by atoms with van der Waals surface area (Å²) in [7, 11) is 0. The number of pyridine rings is 2. The molecule has 2 aromatic carbocycles. The van der Waals surface area contributed by atoms with Gasteiger partial charge in [0.1, 0.15) is 17.2 Å². The zero-order valence-electron chi connectivity index (χ0n) is 24.5. The van der Waals surface area contributed by atoms with E-state index in [0.29, 0.717) is 51.5 Å². The number of aryl methyl sites for hydroxylation is 1. The van der Waals surface area contributed by atoms with E-state index >= 15 is 4.39 Å². The topological polar surface area (TPSA) is 102 Å². The van der Waals surface area contributed by atoms with E-state index in [1.54, 1.807) is 48.1 Å². The van der Waals surface area contributed by atoms with Gasteiger partial charge in [-0.25, -0.2) is 9.37 Å². The second-order valence-corrected chi connectivity index (χ2v) is 11.3. The molecular weight excluding hydrogens is 579 g/mol. The van der Waals surface area contributed by atoms with Gasteiger partial charge in [-0.05, 0) is 91.9 Å². The lowest BCUT2D eigenvalue weighted by Gasteiger charge is -2.23. The van der Waals surface area contributed by atoms with Gasteiger partial charge in [-0.15, -0.1) is 0 Å². The van der Waals surface area contributed by atoms with Crippen LogP contribution in [0.25, 0.3) is 33.3 Å². The Morgan fingerprint density at radius 2 is 1.82 bits per heavy atom. The molecule has 1 fully saturated rings. The molecule has 3 aromatic heterocycles. The van der Waals surface area contributed by atoms with Crippen molar-refractivity contribution >= 4 is 40.1 Å². The van der Waals surface area contributed by atoms with Crippen molar-refractivity contribution in [2.75, 3.05) is 18.4 Å². The molecule has 5 aromatic rings. The molecule has 6 rings (SSSR count). The van der Waals surface area contributed by atoms with Gasteiger partial charge >= 0.3 is 0 Å². The van der Waals surface area contributed by atoms with Crippen LogP contribution in [-0.4, -0.2) is 38.4 Å². The number of rotatable bonds is 8. The van der Waals surface area contributed by atoms with E-state index in [4.69, 9.17) is 11.6 Å². The zero-order chi connectivity index (χ0) is 30.8. The SMILES string of the molecule is CCC(=O)c1cc(-c2ccc(-c3cc4cnc(Nc5ccc(C6CCNCC6)c(F)c5)nc4n(CC)c3=O)c(Cl)c2)ccn1. The number of benzene rings is 2. The van der Waals surface area contributed by atoms with Gasteiger partial charge in [0.25, 0.3) is 5.56 Å². The second-order valence-electron chi connectivity index (χ2n) is 10.9. The zero-order valence-corrected chi connectivity index (χ0v) is 25.3. The first-order valence-electron chi connectivity index (χ1n) is 14.8. The smallest absolute Gasteiger partial charge is 0.260 e. The van der Waals surface area contributed by atoms with E-state index in [1.165, 1.54) is 6.07 Å². The quantitative estimate of drug-likeness (QED) is 0.180. The third-order valence-corrected chi connectivity index (χ3v) is 8.45. The summed E-state index contributed by atoms with van der Waals surface area (Å²) in [5, 5.41) is 7.47. The molecule has 44 heavy (non-hydrogen) atoms. The van der Waals surface area contributed by atoms with Gasteiger partial charge in [0.15, 0.2) is 5.78 Å². The van der Waals surface area contributed by atoms with Gasteiger partial charge in [-0.1, -0.05) is 36.7 Å². The molecule has 2 N–H and O–H groups in total. The fourth-order valence-corrected chi connectivity index (χ4v) is 6.04. The molecule has 0 aliphatic carbocycles. The second kappa shape index (κ2) is 12.6. The predicted octanol–water partition coefficient (Wildman–Crippen LogP) is 7.14. The van der Waals surface area contributed by atoms with E-state index < -0.39 is 0 Å². The minimum Gasteiger partial charge on any atom is -0.324 e. The minimum absolute atomic E-state index is 0.0379. The maximum Gasteiger partial charge on any atom is 0.260 e. The maximum atomic E-state index is 15.0. The molecule has 0 atom stereocenters. The van der Waals surface area contributed by atoms with Crippen molar-refractivity contribution in [3.05, 3.63) is 99.4 Å². The molecule has 4 heterocycles. The molecule has 1 saturated heterocycles. The van der Waals surface area contributed by atoms with Crippen LogP contribution in [0.15, 0.2) is 71.8 Å². The maximum absolute atomic E-state index is 15.0. The minimum atomic E-state index is -0.250. The van der Waals surface area contributed by atoms with Crippen molar-refractivity contribution in [2.24, 2.45) is 0 Å². The average molecular weight is 611 g/mol. The number of aromatic nitrogens is 4. The van der Waals surface area contributed by atoms with Crippen LogP contribution in [0.5, 0.6) is 0 Å². The van der Waals surface area contributed by atoms with E-state index in [-0.39, 0.29) is 29.0 Å². The van der Waals surface area contributed by atoms with Crippen LogP contribution in [0.1, 0.15) is 55.1 Å². The summed E-state index contributed by atoms with van der Waals surface area (Å²) in [4.78, 5) is 39.1. The molecule has 0 unspecified atom stereocenters. The van der Waals surface area contributed by atoms with Crippen molar-refractivity contribution < 1.29 is 9.18 Å². The van der Waals surface area contributed by atoms with Crippen molar-refractivity contribution in [1.82, 2.24) is 24.8 Å². The molecule has 1 aliphatic heterocycles. The van der Waals surface area contributed by atoms with Crippen LogP contribution in [0.3, 0.4) is 0 Å². The monoisotopic (exact) mass is 610 g/mol. The number of Topliss-reactive ketones (excluding diaryl/α,β-unsaturated/α-hetero) is 1. The highest BCUT2D eigenvalue weighted by Gasteiger charge is 2.20. The Morgan fingerprint density at radius 1 is 1.02 bits per heavy atom. The highest BCUT2D eigenvalue weighted by atomic mass is 35.5. The van der Waals surface area contributed by atoms with Gasteiger partial charge < -0.3 is 10.6 Å². The largest absolute Gasteiger partial charge is 0.324 e. The van der Waals surface area contributed by atoms with Crippen molar-refractivity contribution in [3.63, 3.8) is 0 Å². The number of ketones is 1. The molecule has 224 valence electrons. The Balaban J connectivity index is 1.30. The Labute approximate surface area is 259 Å². The molecular formula is C34H32ClFN6O2. The summed E-state index contributed by atoms with van der Waals surface area (Å²) in [6, 6.07) is 15.9. The van der Waals surface area contributed by atoms with Gasteiger partial charge in [0.05, 0.1) is 0 Å². The molecule has 8 nitrogen and oxygen atoms in total. The molecule has 0 saturated carbocycles. The third kappa shape index (κ3) is 5.85. The summed E-state index contributed by atoms with van der Waals surface area (Å²) < 4.78 is 16.6. The van der Waals surface area contributed by atoms with E-state index in [0.717, 1.165) is 42.6 Å². The lowest BCUT2D eigenvalue weighted by atomic mass is 9.90. The Hall–Kier alpha value is -4.47. The number of fused-ring (bicyclic) bond motifs is 1. The summed E-state index contributed by atoms with van der Waals surface area (Å²) in [6.07, 6.45) is 5.44. The Morgan fingerprint density at radius 3 is 2.55 bits per heavy atom. The fraction of sp³-hybridized carbons (Fsp3) is 0.265. The Bertz CT molecular complexity index is 1940. The van der Waals surface area contributed by atoms with Crippen LogP contribution in [0.2, 0.25) is 5.02 Å². The first-order chi connectivity index (χ1) is 21.4. The standard InChI is InChI=1S/C34H32ClFN6O2/c1-3-31(43)30-17-22(11-14-38-30)21-5-7-26(28(35)16-21)27-15-23-19-39-34(41-32(23)42(4-2)33(27)44)40-24-6-8-25(29(36)18-24)20-9-12-37-13-10-20/h5-8,11,14-20,37H,3-4,9-10,12-13H2,1-2H3,(H,39,40,41). The average Bonchev–Trinajstić information content (AvgIpc) is 3.05. The number of anilines is 2. The Kier molecular flexibility index (Phi) is 8.50. The number of piperidine rings is 1. The summed E-state index contributed by atoms with van der Waals surface area (Å²) in [6.45, 7) is 5.83. The molecule has 0 spiro atoms. The molecule has 0 radical (unpaired) electrons.